The number of hydrogen-bond donors (Lipinski definition) is 0. The van der Waals surface area contributed by atoms with Crippen molar-refractivity contribution in [2.24, 2.45) is 0 Å². The van der Waals surface area contributed by atoms with Crippen LogP contribution in [0.3, 0.4) is 0 Å². The fourth-order valence-corrected chi connectivity index (χ4v) is 3.74. The maximum atomic E-state index is 13.0. The highest BCUT2D eigenvalue weighted by Gasteiger charge is 2.28. The summed E-state index contributed by atoms with van der Waals surface area (Å²) in [6, 6.07) is 1.64. The van der Waals surface area contributed by atoms with Gasteiger partial charge in [-0.2, -0.15) is 0 Å². The van der Waals surface area contributed by atoms with Gasteiger partial charge in [0.1, 0.15) is 11.6 Å². The number of amides is 2. The normalized spacial score (nSPS) is 18.0. The van der Waals surface area contributed by atoms with E-state index in [1.165, 1.54) is 0 Å². The van der Waals surface area contributed by atoms with Gasteiger partial charge in [0.25, 0.3) is 11.8 Å². The van der Waals surface area contributed by atoms with E-state index in [4.69, 9.17) is 4.52 Å². The van der Waals surface area contributed by atoms with Gasteiger partial charge in [-0.25, -0.2) is 0 Å². The molecule has 0 bridgehead atoms. The summed E-state index contributed by atoms with van der Waals surface area (Å²) in [5.41, 5.74) is 0.315. The van der Waals surface area contributed by atoms with Crippen molar-refractivity contribution in [2.75, 3.05) is 26.2 Å². The van der Waals surface area contributed by atoms with E-state index in [1.807, 2.05) is 4.57 Å². The predicted molar refractivity (Wildman–Crippen MR) is 95.2 cm³/mol. The molecule has 0 aliphatic carbocycles. The van der Waals surface area contributed by atoms with Gasteiger partial charge in [0.05, 0.1) is 0 Å². The maximum absolute atomic E-state index is 13.0. The van der Waals surface area contributed by atoms with Gasteiger partial charge in [0, 0.05) is 45.2 Å². The molecule has 0 unspecified atom stereocenters. The molecular formula is C18H24N6O3. The van der Waals surface area contributed by atoms with Gasteiger partial charge in [0.15, 0.2) is 5.69 Å². The second kappa shape index (κ2) is 7.50. The smallest absolute Gasteiger partial charge is 0.291 e. The molecule has 0 aromatic carbocycles. The third-order valence-corrected chi connectivity index (χ3v) is 5.22. The minimum atomic E-state index is -0.155. The fourth-order valence-electron chi connectivity index (χ4n) is 3.74. The van der Waals surface area contributed by atoms with Crippen LogP contribution in [0.2, 0.25) is 0 Å². The van der Waals surface area contributed by atoms with E-state index in [0.717, 1.165) is 44.5 Å². The summed E-state index contributed by atoms with van der Waals surface area (Å²) in [6.45, 7) is 4.69. The third-order valence-electron chi connectivity index (χ3n) is 5.22. The Kier molecular flexibility index (Phi) is 4.91. The molecule has 0 atom stereocenters. The number of hydrogen-bond acceptors (Lipinski definition) is 6. The molecule has 4 rings (SSSR count). The molecule has 27 heavy (non-hydrogen) atoms. The third kappa shape index (κ3) is 3.58. The molecule has 2 amide bonds. The number of aryl methyl sites for hydroxylation is 2. The minimum absolute atomic E-state index is 0.0952. The molecule has 2 aliphatic rings. The molecule has 9 heteroatoms. The van der Waals surface area contributed by atoms with Crippen LogP contribution in [0.4, 0.5) is 0 Å². The van der Waals surface area contributed by atoms with Gasteiger partial charge in [-0.15, -0.1) is 10.2 Å². The van der Waals surface area contributed by atoms with E-state index in [-0.39, 0.29) is 11.8 Å². The number of rotatable bonds is 2. The van der Waals surface area contributed by atoms with Crippen molar-refractivity contribution in [3.8, 4) is 0 Å². The van der Waals surface area contributed by atoms with Crippen LogP contribution >= 0.6 is 0 Å². The Morgan fingerprint density at radius 2 is 1.70 bits per heavy atom. The number of aromatic nitrogens is 4. The molecule has 144 valence electrons. The van der Waals surface area contributed by atoms with Crippen molar-refractivity contribution in [1.82, 2.24) is 29.7 Å². The molecule has 0 radical (unpaired) electrons. The summed E-state index contributed by atoms with van der Waals surface area (Å²) < 4.78 is 6.97. The van der Waals surface area contributed by atoms with Crippen molar-refractivity contribution in [3.05, 3.63) is 29.2 Å². The van der Waals surface area contributed by atoms with Crippen molar-refractivity contribution in [1.29, 1.82) is 0 Å². The summed E-state index contributed by atoms with van der Waals surface area (Å²) in [4.78, 5) is 29.1. The maximum Gasteiger partial charge on any atom is 0.291 e. The van der Waals surface area contributed by atoms with Crippen LogP contribution in [-0.2, 0) is 13.0 Å². The first kappa shape index (κ1) is 17.7. The highest BCUT2D eigenvalue weighted by molar-refractivity contribution is 5.93. The van der Waals surface area contributed by atoms with E-state index >= 15 is 0 Å². The Hall–Kier alpha value is -2.71. The molecule has 9 nitrogen and oxygen atoms in total. The van der Waals surface area contributed by atoms with E-state index < -0.39 is 0 Å². The Morgan fingerprint density at radius 3 is 2.44 bits per heavy atom. The van der Waals surface area contributed by atoms with E-state index in [0.29, 0.717) is 43.5 Å². The van der Waals surface area contributed by atoms with E-state index in [2.05, 4.69) is 15.4 Å². The zero-order valence-corrected chi connectivity index (χ0v) is 15.6. The van der Waals surface area contributed by atoms with Crippen LogP contribution in [0.1, 0.15) is 58.4 Å². The van der Waals surface area contributed by atoms with Crippen LogP contribution < -0.4 is 0 Å². The molecular weight excluding hydrogens is 348 g/mol. The summed E-state index contributed by atoms with van der Waals surface area (Å²) in [7, 11) is 0. The lowest BCUT2D eigenvalue weighted by Gasteiger charge is -2.21. The van der Waals surface area contributed by atoms with Crippen LogP contribution in [-0.4, -0.2) is 67.7 Å². The molecule has 0 saturated carbocycles. The molecule has 2 aromatic heterocycles. The number of carbonyl (C=O) groups excluding carboxylic acids is 2. The molecule has 2 aliphatic heterocycles. The van der Waals surface area contributed by atoms with Gasteiger partial charge in [-0.3, -0.25) is 9.59 Å². The Morgan fingerprint density at radius 1 is 0.926 bits per heavy atom. The number of carbonyl (C=O) groups is 2. The lowest BCUT2D eigenvalue weighted by Crippen LogP contribution is -2.38. The summed E-state index contributed by atoms with van der Waals surface area (Å²) >= 11 is 0. The van der Waals surface area contributed by atoms with E-state index in [9.17, 15) is 9.59 Å². The quantitative estimate of drug-likeness (QED) is 0.788. The first-order chi connectivity index (χ1) is 13.1. The monoisotopic (exact) mass is 372 g/mol. The van der Waals surface area contributed by atoms with Gasteiger partial charge >= 0.3 is 0 Å². The highest BCUT2D eigenvalue weighted by Crippen LogP contribution is 2.17. The highest BCUT2D eigenvalue weighted by atomic mass is 16.5. The van der Waals surface area contributed by atoms with Crippen LogP contribution in [0.15, 0.2) is 10.6 Å². The first-order valence-electron chi connectivity index (χ1n) is 9.57. The average Bonchev–Trinajstić information content (AvgIpc) is 3.09. The SMILES string of the molecule is Cc1cc(C(=O)N2CCCN(C(=O)c3nnc4n3CCCCC4)CC2)no1. The molecule has 2 aromatic rings. The number of nitrogens with zero attached hydrogens (tertiary/aromatic N) is 6. The average molecular weight is 372 g/mol. The van der Waals surface area contributed by atoms with Crippen LogP contribution in [0.25, 0.3) is 0 Å². The summed E-state index contributed by atoms with van der Waals surface area (Å²) in [5.74, 6) is 1.69. The topological polar surface area (TPSA) is 97.4 Å². The molecule has 1 saturated heterocycles. The van der Waals surface area contributed by atoms with Gasteiger partial charge < -0.3 is 18.9 Å². The standard InChI is InChI=1S/C18H24N6O3/c1-13-12-14(21-27-13)17(25)22-7-5-8-23(11-10-22)18(26)16-20-19-15-6-3-2-4-9-24(15)16/h12H,2-11H2,1H3. The lowest BCUT2D eigenvalue weighted by atomic mass is 10.2. The Bertz CT molecular complexity index is 842. The lowest BCUT2D eigenvalue weighted by molar-refractivity contribution is 0.0704. The molecule has 1 fully saturated rings. The molecule has 4 heterocycles. The van der Waals surface area contributed by atoms with Gasteiger partial charge in [-0.1, -0.05) is 11.6 Å². The van der Waals surface area contributed by atoms with Crippen LogP contribution in [0, 0.1) is 6.92 Å². The zero-order valence-electron chi connectivity index (χ0n) is 15.6. The van der Waals surface area contributed by atoms with E-state index in [1.54, 1.807) is 22.8 Å². The van der Waals surface area contributed by atoms with Crippen molar-refractivity contribution in [2.45, 2.75) is 45.6 Å². The summed E-state index contributed by atoms with van der Waals surface area (Å²) in [5, 5.41) is 12.2. The van der Waals surface area contributed by atoms with Gasteiger partial charge in [0.2, 0.25) is 5.82 Å². The second-order valence-corrected chi connectivity index (χ2v) is 7.16. The van der Waals surface area contributed by atoms with Crippen molar-refractivity contribution < 1.29 is 14.1 Å². The van der Waals surface area contributed by atoms with Gasteiger partial charge in [-0.05, 0) is 26.2 Å². The fraction of sp³-hybridized carbons (Fsp3) is 0.611. The van der Waals surface area contributed by atoms with Crippen LogP contribution in [0.5, 0.6) is 0 Å². The largest absolute Gasteiger partial charge is 0.361 e. The molecule has 0 spiro atoms. The second-order valence-electron chi connectivity index (χ2n) is 7.16. The summed E-state index contributed by atoms with van der Waals surface area (Å²) in [6.07, 6.45) is 4.88. The van der Waals surface area contributed by atoms with Crippen molar-refractivity contribution >= 4 is 11.8 Å². The minimum Gasteiger partial charge on any atom is -0.361 e. The Balaban J connectivity index is 1.44. The predicted octanol–water partition coefficient (Wildman–Crippen LogP) is 1.29. The Labute approximate surface area is 157 Å². The van der Waals surface area contributed by atoms with Crippen molar-refractivity contribution in [3.63, 3.8) is 0 Å². The molecule has 0 N–H and O–H groups in total. The zero-order chi connectivity index (χ0) is 18.8. The first-order valence-corrected chi connectivity index (χ1v) is 9.57. The number of fused-ring (bicyclic) bond motifs is 1.